The lowest BCUT2D eigenvalue weighted by Gasteiger charge is -2.27. The number of hydrogen-bond donors (Lipinski definition) is 1. The quantitative estimate of drug-likeness (QED) is 0.511. The number of carbonyl (C=O) groups excluding carboxylic acids is 1. The zero-order valence-corrected chi connectivity index (χ0v) is 12.0. The van der Waals surface area contributed by atoms with Crippen LogP contribution in [-0.4, -0.2) is 31.7 Å². The minimum atomic E-state index is -3.43. The highest BCUT2D eigenvalue weighted by molar-refractivity contribution is 7.55. The molecule has 0 amide bonds. The first-order chi connectivity index (χ1) is 7.92. The second-order valence-electron chi connectivity index (χ2n) is 4.12. The predicted octanol–water partition coefficient (Wildman–Crippen LogP) is 2.34. The van der Waals surface area contributed by atoms with Gasteiger partial charge in [0.25, 0.3) is 0 Å². The molecular formula is C11H24NO4P. The molecule has 0 aliphatic rings. The van der Waals surface area contributed by atoms with Crippen LogP contribution in [0.2, 0.25) is 0 Å². The van der Waals surface area contributed by atoms with Crippen molar-refractivity contribution in [3.63, 3.8) is 0 Å². The fraction of sp³-hybridized carbons (Fsp3) is 0.909. The average molecular weight is 265 g/mol. The van der Waals surface area contributed by atoms with Gasteiger partial charge in [0.2, 0.25) is 0 Å². The third-order valence-electron chi connectivity index (χ3n) is 2.81. The van der Waals surface area contributed by atoms with Crippen molar-refractivity contribution in [3.05, 3.63) is 0 Å². The molecule has 0 fully saturated rings. The van der Waals surface area contributed by atoms with Gasteiger partial charge in [-0.25, -0.2) is 0 Å². The minimum Gasteiger partial charge on any atom is -0.326 e. The van der Waals surface area contributed by atoms with Crippen LogP contribution >= 0.6 is 7.60 Å². The Morgan fingerprint density at radius 3 is 2.18 bits per heavy atom. The lowest BCUT2D eigenvalue weighted by molar-refractivity contribution is -0.117. The van der Waals surface area contributed by atoms with Crippen LogP contribution in [0.15, 0.2) is 0 Å². The summed E-state index contributed by atoms with van der Waals surface area (Å²) in [6.45, 7) is 3.46. The van der Waals surface area contributed by atoms with Gasteiger partial charge in [0, 0.05) is 20.3 Å². The maximum absolute atomic E-state index is 12.2. The summed E-state index contributed by atoms with van der Waals surface area (Å²) in [5.74, 6) is -0.249. The minimum absolute atomic E-state index is 0.249. The van der Waals surface area contributed by atoms with Crippen LogP contribution in [0.4, 0.5) is 0 Å². The van der Waals surface area contributed by atoms with Crippen molar-refractivity contribution >= 4 is 13.4 Å². The topological polar surface area (TPSA) is 78.6 Å². The molecule has 0 saturated carbocycles. The van der Waals surface area contributed by atoms with Crippen LogP contribution in [-0.2, 0) is 18.4 Å². The summed E-state index contributed by atoms with van der Waals surface area (Å²) < 4.78 is 22.0. The summed E-state index contributed by atoms with van der Waals surface area (Å²) in [5, 5.41) is 0. The van der Waals surface area contributed by atoms with Crippen LogP contribution < -0.4 is 5.73 Å². The van der Waals surface area contributed by atoms with Gasteiger partial charge in [0.1, 0.15) is 11.4 Å². The highest BCUT2D eigenvalue weighted by Gasteiger charge is 2.41. The first-order valence-corrected chi connectivity index (χ1v) is 7.51. The predicted molar refractivity (Wildman–Crippen MR) is 68.2 cm³/mol. The molecule has 0 heterocycles. The molecule has 0 aliphatic heterocycles. The van der Waals surface area contributed by atoms with Gasteiger partial charge < -0.3 is 14.8 Å². The Balaban J connectivity index is 4.73. The van der Waals surface area contributed by atoms with Gasteiger partial charge in [0.15, 0.2) is 0 Å². The molecule has 0 rings (SSSR count). The summed E-state index contributed by atoms with van der Waals surface area (Å²) in [7, 11) is -0.873. The van der Waals surface area contributed by atoms with E-state index >= 15 is 0 Å². The maximum Gasteiger partial charge on any atom is 0.342 e. The third-order valence-corrected chi connectivity index (χ3v) is 5.26. The Kier molecular flexibility index (Phi) is 7.88. The van der Waals surface area contributed by atoms with E-state index in [-0.39, 0.29) is 5.78 Å². The Bertz CT molecular complexity index is 275. The van der Waals surface area contributed by atoms with E-state index in [1.807, 2.05) is 0 Å². The van der Waals surface area contributed by atoms with Gasteiger partial charge in [-0.1, -0.05) is 26.2 Å². The van der Waals surface area contributed by atoms with Crippen molar-refractivity contribution in [1.82, 2.24) is 0 Å². The van der Waals surface area contributed by atoms with Crippen molar-refractivity contribution in [3.8, 4) is 0 Å². The molecule has 0 bridgehead atoms. The summed E-state index contributed by atoms with van der Waals surface area (Å²) in [4.78, 5) is 11.6. The van der Waals surface area contributed by atoms with E-state index in [0.29, 0.717) is 6.42 Å². The van der Waals surface area contributed by atoms with E-state index in [1.165, 1.54) is 21.1 Å². The Hall–Kier alpha value is -0.220. The third kappa shape index (κ3) is 4.88. The highest BCUT2D eigenvalue weighted by atomic mass is 31.2. The van der Waals surface area contributed by atoms with E-state index < -0.39 is 19.3 Å². The highest BCUT2D eigenvalue weighted by Crippen LogP contribution is 2.53. The van der Waals surface area contributed by atoms with E-state index in [0.717, 1.165) is 19.3 Å². The van der Waals surface area contributed by atoms with Crippen molar-refractivity contribution in [1.29, 1.82) is 0 Å². The van der Waals surface area contributed by atoms with E-state index in [4.69, 9.17) is 14.8 Å². The smallest absolute Gasteiger partial charge is 0.326 e. The number of nitrogens with two attached hydrogens (primary N) is 1. The van der Waals surface area contributed by atoms with Crippen molar-refractivity contribution in [2.45, 2.75) is 51.2 Å². The first-order valence-electron chi connectivity index (χ1n) is 5.90. The zero-order chi connectivity index (χ0) is 13.5. The van der Waals surface area contributed by atoms with Crippen molar-refractivity contribution in [2.75, 3.05) is 14.2 Å². The Morgan fingerprint density at radius 2 is 1.82 bits per heavy atom. The van der Waals surface area contributed by atoms with Gasteiger partial charge in [-0.15, -0.1) is 0 Å². The SMILES string of the molecule is CCCCCC(N)C(C(C)=O)P(=O)(OC)OC. The lowest BCUT2D eigenvalue weighted by Crippen LogP contribution is -2.40. The number of hydrogen-bond acceptors (Lipinski definition) is 5. The molecule has 0 radical (unpaired) electrons. The van der Waals surface area contributed by atoms with Crippen molar-refractivity contribution < 1.29 is 18.4 Å². The molecule has 102 valence electrons. The molecule has 0 aromatic carbocycles. The second-order valence-corrected chi connectivity index (χ2v) is 6.49. The molecule has 0 aromatic rings. The Morgan fingerprint density at radius 1 is 1.29 bits per heavy atom. The summed E-state index contributed by atoms with van der Waals surface area (Å²) in [6, 6.07) is -0.482. The average Bonchev–Trinajstić information content (AvgIpc) is 2.28. The van der Waals surface area contributed by atoms with Crippen molar-refractivity contribution in [2.24, 2.45) is 5.73 Å². The summed E-state index contributed by atoms with van der Waals surface area (Å²) >= 11 is 0. The largest absolute Gasteiger partial charge is 0.342 e. The van der Waals surface area contributed by atoms with Crippen LogP contribution in [0.3, 0.4) is 0 Å². The van der Waals surface area contributed by atoms with Crippen LogP contribution in [0.25, 0.3) is 0 Å². The molecule has 6 heteroatoms. The first kappa shape index (κ1) is 16.8. The van der Waals surface area contributed by atoms with E-state index in [9.17, 15) is 9.36 Å². The molecule has 2 unspecified atom stereocenters. The number of unbranched alkanes of at least 4 members (excludes halogenated alkanes) is 2. The number of rotatable bonds is 9. The van der Waals surface area contributed by atoms with Gasteiger partial charge in [-0.05, 0) is 13.3 Å². The number of Topliss-reactive ketones (excluding diaryl/α,β-unsaturated/α-hetero) is 1. The summed E-state index contributed by atoms with van der Waals surface area (Å²) in [6.07, 6.45) is 3.68. The lowest BCUT2D eigenvalue weighted by atomic mass is 10.0. The fourth-order valence-electron chi connectivity index (χ4n) is 1.85. The molecule has 0 aliphatic carbocycles. The van der Waals surface area contributed by atoms with E-state index in [1.54, 1.807) is 0 Å². The molecule has 17 heavy (non-hydrogen) atoms. The molecule has 2 atom stereocenters. The second kappa shape index (κ2) is 7.98. The number of carbonyl (C=O) groups is 1. The Labute approximate surface area is 104 Å². The van der Waals surface area contributed by atoms with Crippen LogP contribution in [0.5, 0.6) is 0 Å². The van der Waals surface area contributed by atoms with Gasteiger partial charge in [-0.3, -0.25) is 9.36 Å². The molecule has 2 N–H and O–H groups in total. The standard InChI is InChI=1S/C11H24NO4P/c1-5-6-7-8-10(12)11(9(2)13)17(14,15-3)16-4/h10-11H,5-8,12H2,1-4H3. The van der Waals surface area contributed by atoms with Gasteiger partial charge in [0.05, 0.1) is 0 Å². The normalized spacial score (nSPS) is 15.6. The van der Waals surface area contributed by atoms with Crippen LogP contribution in [0.1, 0.15) is 39.5 Å². The zero-order valence-electron chi connectivity index (χ0n) is 11.1. The molecule has 0 saturated heterocycles. The van der Waals surface area contributed by atoms with E-state index in [2.05, 4.69) is 6.92 Å². The van der Waals surface area contributed by atoms with Gasteiger partial charge in [-0.2, -0.15) is 0 Å². The molecule has 0 spiro atoms. The molecule has 5 nitrogen and oxygen atoms in total. The summed E-state index contributed by atoms with van der Waals surface area (Å²) in [5.41, 5.74) is 5.08. The molecule has 0 aromatic heterocycles. The maximum atomic E-state index is 12.2. The monoisotopic (exact) mass is 265 g/mol. The van der Waals surface area contributed by atoms with Crippen LogP contribution in [0, 0.1) is 0 Å². The van der Waals surface area contributed by atoms with Gasteiger partial charge >= 0.3 is 7.60 Å². The number of ketones is 1. The molecular weight excluding hydrogens is 241 g/mol. The fourth-order valence-corrected chi connectivity index (χ4v) is 3.51.